The fraction of sp³-hybridized carbons (Fsp3) is 0.125. The summed E-state index contributed by atoms with van der Waals surface area (Å²) in [5.41, 5.74) is 5.66. The molecule has 4 nitrogen and oxygen atoms in total. The number of nitrogens with one attached hydrogen (secondary N) is 1. The summed E-state index contributed by atoms with van der Waals surface area (Å²) in [4.78, 5) is 21.7. The highest BCUT2D eigenvalue weighted by Crippen LogP contribution is 2.23. The maximum atomic E-state index is 12.8. The van der Waals surface area contributed by atoms with Gasteiger partial charge in [-0.1, -0.05) is 54.6 Å². The number of allylic oxidation sites excluding steroid dienone is 1. The number of hydrogen-bond acceptors (Lipinski definition) is 3. The molecule has 0 saturated carbocycles. The average molecular weight is 367 g/mol. The Hall–Kier alpha value is -3.53. The van der Waals surface area contributed by atoms with Gasteiger partial charge in [-0.2, -0.15) is 0 Å². The summed E-state index contributed by atoms with van der Waals surface area (Å²) in [6.07, 6.45) is 4.55. The van der Waals surface area contributed by atoms with Crippen LogP contribution >= 0.6 is 0 Å². The molecule has 4 rings (SSSR count). The molecule has 0 bridgehead atoms. The van der Waals surface area contributed by atoms with Crippen molar-refractivity contribution in [1.29, 1.82) is 0 Å². The van der Waals surface area contributed by atoms with E-state index in [0.717, 1.165) is 17.0 Å². The third kappa shape index (κ3) is 4.07. The quantitative estimate of drug-likeness (QED) is 0.717. The van der Waals surface area contributed by atoms with E-state index in [9.17, 15) is 4.79 Å². The van der Waals surface area contributed by atoms with Crippen LogP contribution in [0.5, 0.6) is 0 Å². The molecule has 1 aromatic heterocycles. The molecule has 0 atom stereocenters. The number of benzene rings is 2. The Labute approximate surface area is 164 Å². The van der Waals surface area contributed by atoms with Crippen molar-refractivity contribution < 1.29 is 4.79 Å². The van der Waals surface area contributed by atoms with Gasteiger partial charge in [0.25, 0.3) is 5.91 Å². The largest absolute Gasteiger partial charge is 0.352 e. The molecule has 2 heterocycles. The number of carbonyl (C=O) groups excluding carboxylic acids is 1. The van der Waals surface area contributed by atoms with Crippen LogP contribution in [0.1, 0.15) is 27.2 Å². The van der Waals surface area contributed by atoms with Crippen molar-refractivity contribution in [2.24, 2.45) is 4.99 Å². The fourth-order valence-electron chi connectivity index (χ4n) is 3.27. The molecule has 0 spiro atoms. The Morgan fingerprint density at radius 3 is 2.54 bits per heavy atom. The standard InChI is InChI=1S/C24H21N3O/c28-24(26-15-13-20-10-6-7-14-25-20)22-12-5-4-11-21(22)23-16-19(17-27-23)18-8-2-1-3-9-18/h1-12,14,16H,13,15,17H2,(H,26,28). The minimum absolute atomic E-state index is 0.0872. The van der Waals surface area contributed by atoms with E-state index in [2.05, 4.69) is 33.5 Å². The van der Waals surface area contributed by atoms with Gasteiger partial charge in [0.15, 0.2) is 0 Å². The Kier molecular flexibility index (Phi) is 5.38. The average Bonchev–Trinajstić information content (AvgIpc) is 3.25. The zero-order chi connectivity index (χ0) is 19.2. The van der Waals surface area contributed by atoms with E-state index in [0.29, 0.717) is 25.1 Å². The molecule has 3 aromatic rings. The lowest BCUT2D eigenvalue weighted by Crippen LogP contribution is -2.27. The number of nitrogens with zero attached hydrogens (tertiary/aromatic N) is 2. The number of pyridine rings is 1. The maximum absolute atomic E-state index is 12.8. The lowest BCUT2D eigenvalue weighted by Gasteiger charge is -2.09. The van der Waals surface area contributed by atoms with Gasteiger partial charge in [0.2, 0.25) is 0 Å². The second-order valence-electron chi connectivity index (χ2n) is 6.61. The van der Waals surface area contributed by atoms with Crippen LogP contribution in [0.2, 0.25) is 0 Å². The lowest BCUT2D eigenvalue weighted by molar-refractivity contribution is 0.0954. The van der Waals surface area contributed by atoms with Crippen molar-refractivity contribution >= 4 is 17.2 Å². The summed E-state index contributed by atoms with van der Waals surface area (Å²) in [5.74, 6) is -0.0872. The first-order chi connectivity index (χ1) is 13.8. The maximum Gasteiger partial charge on any atom is 0.251 e. The van der Waals surface area contributed by atoms with Crippen molar-refractivity contribution in [2.45, 2.75) is 6.42 Å². The molecule has 0 unspecified atom stereocenters. The van der Waals surface area contributed by atoms with Crippen molar-refractivity contribution in [3.63, 3.8) is 0 Å². The van der Waals surface area contributed by atoms with Crippen LogP contribution in [-0.2, 0) is 6.42 Å². The summed E-state index contributed by atoms with van der Waals surface area (Å²) < 4.78 is 0. The topological polar surface area (TPSA) is 54.4 Å². The minimum Gasteiger partial charge on any atom is -0.352 e. The molecule has 0 saturated heterocycles. The van der Waals surface area contributed by atoms with E-state index >= 15 is 0 Å². The summed E-state index contributed by atoms with van der Waals surface area (Å²) in [7, 11) is 0. The van der Waals surface area contributed by atoms with Crippen molar-refractivity contribution in [2.75, 3.05) is 13.1 Å². The summed E-state index contributed by atoms with van der Waals surface area (Å²) >= 11 is 0. The van der Waals surface area contributed by atoms with Crippen molar-refractivity contribution in [1.82, 2.24) is 10.3 Å². The zero-order valence-corrected chi connectivity index (χ0v) is 15.5. The van der Waals surface area contributed by atoms with Gasteiger partial charge in [-0.05, 0) is 35.4 Å². The predicted octanol–water partition coefficient (Wildman–Crippen LogP) is 3.94. The van der Waals surface area contributed by atoms with Crippen molar-refractivity contribution in [3.8, 4) is 0 Å². The van der Waals surface area contributed by atoms with E-state index in [4.69, 9.17) is 0 Å². The first kappa shape index (κ1) is 17.9. The Morgan fingerprint density at radius 1 is 0.929 bits per heavy atom. The van der Waals surface area contributed by atoms with Crippen molar-refractivity contribution in [3.05, 3.63) is 107 Å². The molecule has 0 fully saturated rings. The van der Waals surface area contributed by atoms with Crippen LogP contribution in [0.4, 0.5) is 0 Å². The number of hydrogen-bond donors (Lipinski definition) is 1. The molecule has 28 heavy (non-hydrogen) atoms. The SMILES string of the molecule is O=C(NCCc1ccccn1)c1ccccc1C1=NCC(c2ccccc2)=C1. The molecular formula is C24H21N3O. The highest BCUT2D eigenvalue weighted by Gasteiger charge is 2.17. The summed E-state index contributed by atoms with van der Waals surface area (Å²) in [5, 5.41) is 3.00. The Bertz CT molecular complexity index is 1020. The van der Waals surface area contributed by atoms with Gasteiger partial charge in [-0.3, -0.25) is 14.8 Å². The van der Waals surface area contributed by atoms with E-state index in [1.807, 2.05) is 60.7 Å². The van der Waals surface area contributed by atoms with Gasteiger partial charge in [-0.25, -0.2) is 0 Å². The zero-order valence-electron chi connectivity index (χ0n) is 15.5. The number of carbonyl (C=O) groups is 1. The van der Waals surface area contributed by atoms with Crippen LogP contribution in [0.15, 0.2) is 90.1 Å². The van der Waals surface area contributed by atoms with Crippen LogP contribution in [0, 0.1) is 0 Å². The lowest BCUT2D eigenvalue weighted by atomic mass is 10.00. The molecule has 4 heteroatoms. The first-order valence-electron chi connectivity index (χ1n) is 9.39. The molecule has 0 radical (unpaired) electrons. The number of aromatic nitrogens is 1. The van der Waals surface area contributed by atoms with Gasteiger partial charge in [0.1, 0.15) is 0 Å². The molecule has 1 amide bonds. The number of amides is 1. The highest BCUT2D eigenvalue weighted by molar-refractivity contribution is 6.19. The molecule has 1 aliphatic heterocycles. The Morgan fingerprint density at radius 2 is 1.71 bits per heavy atom. The second kappa shape index (κ2) is 8.44. The van der Waals surface area contributed by atoms with E-state index in [1.54, 1.807) is 6.20 Å². The van der Waals surface area contributed by atoms with Crippen LogP contribution in [-0.4, -0.2) is 29.7 Å². The minimum atomic E-state index is -0.0872. The third-order valence-corrected chi connectivity index (χ3v) is 4.72. The fourth-order valence-corrected chi connectivity index (χ4v) is 3.27. The summed E-state index contributed by atoms with van der Waals surface area (Å²) in [6, 6.07) is 23.7. The monoisotopic (exact) mass is 367 g/mol. The van der Waals surface area contributed by atoms with Crippen LogP contribution < -0.4 is 5.32 Å². The van der Waals surface area contributed by atoms with Gasteiger partial charge >= 0.3 is 0 Å². The Balaban J connectivity index is 1.48. The van der Waals surface area contributed by atoms with Gasteiger partial charge in [0.05, 0.1) is 12.3 Å². The van der Waals surface area contributed by atoms with Crippen LogP contribution in [0.3, 0.4) is 0 Å². The molecule has 2 aromatic carbocycles. The highest BCUT2D eigenvalue weighted by atomic mass is 16.1. The predicted molar refractivity (Wildman–Crippen MR) is 113 cm³/mol. The number of rotatable bonds is 6. The van der Waals surface area contributed by atoms with Crippen LogP contribution in [0.25, 0.3) is 5.57 Å². The normalized spacial score (nSPS) is 13.0. The third-order valence-electron chi connectivity index (χ3n) is 4.72. The van der Waals surface area contributed by atoms with Gasteiger partial charge < -0.3 is 5.32 Å². The molecule has 1 aliphatic rings. The first-order valence-corrected chi connectivity index (χ1v) is 9.39. The molecule has 1 N–H and O–H groups in total. The molecule has 138 valence electrons. The molecule has 0 aliphatic carbocycles. The van der Waals surface area contributed by atoms with E-state index < -0.39 is 0 Å². The smallest absolute Gasteiger partial charge is 0.251 e. The van der Waals surface area contributed by atoms with E-state index in [-0.39, 0.29) is 5.91 Å². The van der Waals surface area contributed by atoms with E-state index in [1.165, 1.54) is 11.1 Å². The van der Waals surface area contributed by atoms with Gasteiger partial charge in [0, 0.05) is 36.0 Å². The molecular weight excluding hydrogens is 346 g/mol. The second-order valence-corrected chi connectivity index (χ2v) is 6.61. The summed E-state index contributed by atoms with van der Waals surface area (Å²) in [6.45, 7) is 1.18. The number of aliphatic imine (C=N–C) groups is 1. The van der Waals surface area contributed by atoms with Gasteiger partial charge in [-0.15, -0.1) is 0 Å².